The van der Waals surface area contributed by atoms with E-state index in [9.17, 15) is 4.79 Å². The van der Waals surface area contributed by atoms with Crippen LogP contribution in [0.2, 0.25) is 0 Å². The maximum Gasteiger partial charge on any atom is 0.158 e. The van der Waals surface area contributed by atoms with Crippen LogP contribution in [0, 0.1) is 0 Å². The molecule has 1 aromatic heterocycles. The maximum atomic E-state index is 11.3. The quantitative estimate of drug-likeness (QED) is 0.666. The van der Waals surface area contributed by atoms with Gasteiger partial charge in [-0.15, -0.1) is 0 Å². The summed E-state index contributed by atoms with van der Waals surface area (Å²) in [6.45, 7) is 5.92. The summed E-state index contributed by atoms with van der Waals surface area (Å²) in [5, 5.41) is 0. The van der Waals surface area contributed by atoms with E-state index >= 15 is 0 Å². The molecule has 0 aliphatic carbocycles. The Morgan fingerprint density at radius 3 is 2.94 bits per heavy atom. The number of carbonyl (C=O) groups is 1. The fourth-order valence-electron chi connectivity index (χ4n) is 1.49. The van der Waals surface area contributed by atoms with E-state index in [1.165, 1.54) is 0 Å². The average molecular weight is 222 g/mol. The van der Waals surface area contributed by atoms with Gasteiger partial charge in [-0.05, 0) is 25.0 Å². The van der Waals surface area contributed by atoms with Gasteiger partial charge in [-0.25, -0.2) is 0 Å². The predicted octanol–water partition coefficient (Wildman–Crippen LogP) is 2.89. The second-order valence-electron chi connectivity index (χ2n) is 3.86. The van der Waals surface area contributed by atoms with Gasteiger partial charge in [-0.1, -0.05) is 6.58 Å². The molecule has 0 amide bonds. The number of carbonyl (C=O) groups excluding carboxylic acids is 1. The van der Waals surface area contributed by atoms with Gasteiger partial charge in [0.25, 0.3) is 0 Å². The van der Waals surface area contributed by atoms with Gasteiger partial charge < -0.3 is 9.15 Å². The highest BCUT2D eigenvalue weighted by molar-refractivity contribution is 5.93. The number of aryl methyl sites for hydroxylation is 1. The highest BCUT2D eigenvalue weighted by Crippen LogP contribution is 2.15. The minimum absolute atomic E-state index is 0.125. The average Bonchev–Trinajstić information content (AvgIpc) is 2.66. The number of furan rings is 1. The van der Waals surface area contributed by atoms with Crippen molar-refractivity contribution in [2.24, 2.45) is 0 Å². The van der Waals surface area contributed by atoms with Crippen LogP contribution >= 0.6 is 0 Å². The second kappa shape index (κ2) is 6.28. The van der Waals surface area contributed by atoms with E-state index in [4.69, 9.17) is 9.15 Å². The largest absolute Gasteiger partial charge is 0.469 e. The van der Waals surface area contributed by atoms with Gasteiger partial charge in [0.05, 0.1) is 12.9 Å². The predicted molar refractivity (Wildman–Crippen MR) is 62.2 cm³/mol. The zero-order valence-electron chi connectivity index (χ0n) is 9.91. The molecule has 0 aliphatic rings. The van der Waals surface area contributed by atoms with Gasteiger partial charge in [-0.3, -0.25) is 4.79 Å². The number of hydrogen-bond acceptors (Lipinski definition) is 3. The van der Waals surface area contributed by atoms with Crippen LogP contribution in [0.4, 0.5) is 0 Å². The van der Waals surface area contributed by atoms with Crippen LogP contribution in [0.1, 0.15) is 31.1 Å². The molecule has 0 fully saturated rings. The summed E-state index contributed by atoms with van der Waals surface area (Å²) in [6.07, 6.45) is 3.74. The lowest BCUT2D eigenvalue weighted by Gasteiger charge is -2.01. The monoisotopic (exact) mass is 222 g/mol. The molecule has 0 aromatic carbocycles. The van der Waals surface area contributed by atoms with Crippen molar-refractivity contribution in [3.05, 3.63) is 35.8 Å². The van der Waals surface area contributed by atoms with Crippen molar-refractivity contribution in [3.63, 3.8) is 0 Å². The van der Waals surface area contributed by atoms with Gasteiger partial charge >= 0.3 is 0 Å². The summed E-state index contributed by atoms with van der Waals surface area (Å²) in [5.74, 6) is 1.04. The summed E-state index contributed by atoms with van der Waals surface area (Å²) in [5.41, 5.74) is 1.68. The molecule has 0 aliphatic heterocycles. The van der Waals surface area contributed by atoms with Gasteiger partial charge in [0.15, 0.2) is 5.78 Å². The summed E-state index contributed by atoms with van der Waals surface area (Å²) < 4.78 is 10.4. The maximum absolute atomic E-state index is 11.3. The smallest absolute Gasteiger partial charge is 0.158 e. The highest BCUT2D eigenvalue weighted by Gasteiger charge is 2.07. The third-order valence-electron chi connectivity index (χ3n) is 2.42. The first-order chi connectivity index (χ1) is 7.65. The molecular formula is C13H18O3. The fraction of sp³-hybridized carbons (Fsp3) is 0.462. The molecule has 1 aromatic rings. The number of ketones is 1. The van der Waals surface area contributed by atoms with E-state index in [0.29, 0.717) is 18.6 Å². The molecule has 0 N–H and O–H groups in total. The van der Waals surface area contributed by atoms with Crippen LogP contribution in [0.15, 0.2) is 28.9 Å². The normalized spacial score (nSPS) is 10.4. The minimum atomic E-state index is 0.125. The first kappa shape index (κ1) is 12.7. The summed E-state index contributed by atoms with van der Waals surface area (Å²) in [4.78, 5) is 11.3. The van der Waals surface area contributed by atoms with Crippen molar-refractivity contribution in [3.8, 4) is 0 Å². The first-order valence-corrected chi connectivity index (χ1v) is 5.38. The molecule has 0 saturated carbocycles. The number of hydrogen-bond donors (Lipinski definition) is 0. The first-order valence-electron chi connectivity index (χ1n) is 5.38. The van der Waals surface area contributed by atoms with E-state index < -0.39 is 0 Å². The molecule has 0 bridgehead atoms. The van der Waals surface area contributed by atoms with Gasteiger partial charge in [0.1, 0.15) is 5.76 Å². The van der Waals surface area contributed by atoms with Crippen molar-refractivity contribution in [1.82, 2.24) is 0 Å². The highest BCUT2D eigenvalue weighted by atomic mass is 16.5. The van der Waals surface area contributed by atoms with Crippen molar-refractivity contribution in [2.45, 2.75) is 32.8 Å². The van der Waals surface area contributed by atoms with E-state index in [1.54, 1.807) is 20.3 Å². The molecule has 88 valence electrons. The lowest BCUT2D eigenvalue weighted by Crippen LogP contribution is -2.00. The molecule has 1 rings (SSSR count). The second-order valence-corrected chi connectivity index (χ2v) is 3.86. The summed E-state index contributed by atoms with van der Waals surface area (Å²) in [7, 11) is 1.65. The van der Waals surface area contributed by atoms with E-state index in [-0.39, 0.29) is 5.78 Å². The van der Waals surface area contributed by atoms with Crippen LogP contribution in [0.3, 0.4) is 0 Å². The Labute approximate surface area is 96.1 Å². The van der Waals surface area contributed by atoms with Gasteiger partial charge in [0.2, 0.25) is 0 Å². The van der Waals surface area contributed by atoms with Crippen molar-refractivity contribution in [1.29, 1.82) is 0 Å². The van der Waals surface area contributed by atoms with E-state index in [0.717, 1.165) is 24.2 Å². The summed E-state index contributed by atoms with van der Waals surface area (Å²) in [6, 6.07) is 1.90. The number of allylic oxidation sites excluding steroid dienone is 1. The molecule has 0 spiro atoms. The molecule has 3 heteroatoms. The number of ether oxygens (including phenoxy) is 1. The van der Waals surface area contributed by atoms with Crippen LogP contribution in [0.5, 0.6) is 0 Å². The SMILES string of the molecule is C=C(C)C(=O)CCCc1occc1COC. The van der Waals surface area contributed by atoms with Gasteiger partial charge in [-0.2, -0.15) is 0 Å². The van der Waals surface area contributed by atoms with Crippen LogP contribution < -0.4 is 0 Å². The zero-order chi connectivity index (χ0) is 12.0. The lowest BCUT2D eigenvalue weighted by molar-refractivity contribution is -0.115. The van der Waals surface area contributed by atoms with Crippen LogP contribution in [-0.4, -0.2) is 12.9 Å². The Morgan fingerprint density at radius 2 is 2.31 bits per heavy atom. The van der Waals surface area contributed by atoms with E-state index in [2.05, 4.69) is 6.58 Å². The molecule has 0 atom stereocenters. The third kappa shape index (κ3) is 3.66. The molecule has 16 heavy (non-hydrogen) atoms. The Hall–Kier alpha value is -1.35. The Kier molecular flexibility index (Phi) is 4.99. The molecule has 0 saturated heterocycles. The van der Waals surface area contributed by atoms with Crippen molar-refractivity contribution < 1.29 is 13.9 Å². The number of rotatable bonds is 7. The third-order valence-corrected chi connectivity index (χ3v) is 2.42. The molecule has 0 radical (unpaired) electrons. The zero-order valence-corrected chi connectivity index (χ0v) is 9.91. The Morgan fingerprint density at radius 1 is 1.56 bits per heavy atom. The van der Waals surface area contributed by atoms with Gasteiger partial charge in [0, 0.05) is 25.5 Å². The molecule has 0 unspecified atom stereocenters. The summed E-state index contributed by atoms with van der Waals surface area (Å²) >= 11 is 0. The van der Waals surface area contributed by atoms with Crippen LogP contribution in [-0.2, 0) is 22.6 Å². The Bertz CT molecular complexity index is 363. The van der Waals surface area contributed by atoms with E-state index in [1.807, 2.05) is 6.07 Å². The molecular weight excluding hydrogens is 204 g/mol. The Balaban J connectivity index is 2.39. The standard InChI is InChI=1S/C13H18O3/c1-10(2)12(14)5-4-6-13-11(9-15-3)7-8-16-13/h7-8H,1,4-6,9H2,2-3H3. The lowest BCUT2D eigenvalue weighted by atomic mass is 10.1. The topological polar surface area (TPSA) is 39.4 Å². The van der Waals surface area contributed by atoms with Crippen LogP contribution in [0.25, 0.3) is 0 Å². The minimum Gasteiger partial charge on any atom is -0.469 e. The van der Waals surface area contributed by atoms with Crippen molar-refractivity contribution in [2.75, 3.05) is 7.11 Å². The van der Waals surface area contributed by atoms with Crippen molar-refractivity contribution >= 4 is 5.78 Å². The fourth-order valence-corrected chi connectivity index (χ4v) is 1.49. The number of methoxy groups -OCH3 is 1. The molecule has 3 nitrogen and oxygen atoms in total. The molecule has 1 heterocycles. The number of Topliss-reactive ketones (excluding diaryl/α,β-unsaturated/α-hetero) is 1.